The van der Waals surface area contributed by atoms with Gasteiger partial charge in [-0.15, -0.1) is 5.10 Å². The van der Waals surface area contributed by atoms with E-state index in [2.05, 4.69) is 35.6 Å². The van der Waals surface area contributed by atoms with E-state index in [9.17, 15) is 4.79 Å². The number of aryl methyl sites for hydroxylation is 1. The molecule has 0 bridgehead atoms. The quantitative estimate of drug-likeness (QED) is 0.528. The third-order valence-electron chi connectivity index (χ3n) is 5.76. The van der Waals surface area contributed by atoms with Gasteiger partial charge in [-0.1, -0.05) is 26.0 Å². The Bertz CT molecular complexity index is 1270. The number of carbonyl (C=O) groups is 1. The lowest BCUT2D eigenvalue weighted by molar-refractivity contribution is -0.121. The van der Waals surface area contributed by atoms with Crippen molar-refractivity contribution in [1.82, 2.24) is 34.7 Å². The van der Waals surface area contributed by atoms with Crippen LogP contribution in [0.3, 0.4) is 0 Å². The molecule has 1 aliphatic rings. The molecule has 1 aliphatic heterocycles. The lowest BCUT2D eigenvalue weighted by Gasteiger charge is -2.18. The number of nitrogens with one attached hydrogen (secondary N) is 2. The van der Waals surface area contributed by atoms with E-state index in [1.54, 1.807) is 15.4 Å². The summed E-state index contributed by atoms with van der Waals surface area (Å²) < 4.78 is 3.44. The fraction of sp³-hybridized carbons (Fsp3) is 0.409. The van der Waals surface area contributed by atoms with Gasteiger partial charge in [0.1, 0.15) is 6.04 Å². The first-order valence-electron chi connectivity index (χ1n) is 10.7. The number of benzene rings is 1. The van der Waals surface area contributed by atoms with Crippen LogP contribution < -0.4 is 10.6 Å². The van der Waals surface area contributed by atoms with E-state index in [0.717, 1.165) is 41.3 Å². The highest BCUT2D eigenvalue weighted by Crippen LogP contribution is 2.29. The number of para-hydroxylation sites is 1. The summed E-state index contributed by atoms with van der Waals surface area (Å²) in [4.78, 5) is 22.3. The average molecular weight is 419 g/mol. The largest absolute Gasteiger partial charge is 0.354 e. The van der Waals surface area contributed by atoms with Gasteiger partial charge in [-0.3, -0.25) is 9.48 Å². The zero-order valence-electron chi connectivity index (χ0n) is 18.0. The first kappa shape index (κ1) is 19.5. The molecule has 4 heterocycles. The third kappa shape index (κ3) is 3.49. The maximum absolute atomic E-state index is 12.6. The molecule has 1 atom stereocenters. The van der Waals surface area contributed by atoms with Gasteiger partial charge < -0.3 is 10.6 Å². The lowest BCUT2D eigenvalue weighted by Crippen LogP contribution is -2.38. The fourth-order valence-electron chi connectivity index (χ4n) is 4.11. The van der Waals surface area contributed by atoms with Crippen LogP contribution in [0.4, 0.5) is 5.95 Å². The molecule has 9 heteroatoms. The highest BCUT2D eigenvalue weighted by molar-refractivity contribution is 5.95. The van der Waals surface area contributed by atoms with Gasteiger partial charge in [0.05, 0.1) is 17.3 Å². The minimum atomic E-state index is -0.354. The zero-order chi connectivity index (χ0) is 21.5. The van der Waals surface area contributed by atoms with Crippen molar-refractivity contribution in [1.29, 1.82) is 0 Å². The number of hydrogen-bond donors (Lipinski definition) is 2. The Morgan fingerprint density at radius 1 is 1.23 bits per heavy atom. The molecule has 5 rings (SSSR count). The van der Waals surface area contributed by atoms with Crippen LogP contribution >= 0.6 is 0 Å². The molecule has 0 unspecified atom stereocenters. The van der Waals surface area contributed by atoms with Gasteiger partial charge in [0.2, 0.25) is 11.9 Å². The second-order valence-electron chi connectivity index (χ2n) is 8.39. The van der Waals surface area contributed by atoms with Crippen LogP contribution in [0.1, 0.15) is 44.6 Å². The molecule has 1 fully saturated rings. The number of amides is 1. The van der Waals surface area contributed by atoms with Crippen LogP contribution in [0.15, 0.2) is 30.6 Å². The van der Waals surface area contributed by atoms with Crippen LogP contribution in [-0.4, -0.2) is 47.9 Å². The summed E-state index contributed by atoms with van der Waals surface area (Å²) in [6.07, 6.45) is 6.34. The van der Waals surface area contributed by atoms with Crippen LogP contribution in [0.25, 0.3) is 27.9 Å². The summed E-state index contributed by atoms with van der Waals surface area (Å²) in [6.45, 7) is 5.01. The highest BCUT2D eigenvalue weighted by Gasteiger charge is 2.24. The molecule has 4 aromatic rings. The zero-order valence-corrected chi connectivity index (χ0v) is 18.0. The molecular weight excluding hydrogens is 392 g/mol. The minimum absolute atomic E-state index is 0.00251. The first-order valence-corrected chi connectivity index (χ1v) is 10.7. The molecule has 31 heavy (non-hydrogen) atoms. The van der Waals surface area contributed by atoms with Gasteiger partial charge in [-0.25, -0.2) is 9.97 Å². The van der Waals surface area contributed by atoms with Crippen molar-refractivity contribution in [2.45, 2.75) is 45.1 Å². The summed E-state index contributed by atoms with van der Waals surface area (Å²) in [5, 5.41) is 16.2. The van der Waals surface area contributed by atoms with Crippen LogP contribution in [0, 0.1) is 0 Å². The molecule has 0 saturated carbocycles. The number of hydrogen-bond acceptors (Lipinski definition) is 6. The number of rotatable bonds is 4. The van der Waals surface area contributed by atoms with Gasteiger partial charge in [0.15, 0.2) is 11.5 Å². The number of carbonyl (C=O) groups excluding carboxylic acids is 1. The Hall–Kier alpha value is -3.49. The summed E-state index contributed by atoms with van der Waals surface area (Å²) in [5.74, 6) is 1.40. The molecule has 9 nitrogen and oxygen atoms in total. The van der Waals surface area contributed by atoms with E-state index in [4.69, 9.17) is 15.1 Å². The standard InChI is InChI=1S/C22H26N8O/c1-13(2)15-7-6-8-16-18(15)26-22(25-17-9-4-5-10-23-21(17)31)30-20(16)27-19(28-30)14-11-24-29(3)12-14/h6-8,11-13,17H,4-5,9-10H2,1-3H3,(H,23,31)(H,25,26)/t17-/m1/s1. The topological polar surface area (TPSA) is 102 Å². The summed E-state index contributed by atoms with van der Waals surface area (Å²) >= 11 is 0. The molecule has 0 radical (unpaired) electrons. The number of nitrogens with zero attached hydrogens (tertiary/aromatic N) is 6. The van der Waals surface area contributed by atoms with E-state index in [0.29, 0.717) is 29.9 Å². The van der Waals surface area contributed by atoms with Crippen LogP contribution in [0.2, 0.25) is 0 Å². The normalized spacial score (nSPS) is 17.3. The molecule has 3 aromatic heterocycles. The van der Waals surface area contributed by atoms with Gasteiger partial charge in [0.25, 0.3) is 0 Å². The van der Waals surface area contributed by atoms with Crippen molar-refractivity contribution in [2.24, 2.45) is 7.05 Å². The average Bonchev–Trinajstić information content (AvgIpc) is 3.33. The molecule has 1 amide bonds. The number of anilines is 1. The number of aromatic nitrogens is 6. The Kier molecular flexibility index (Phi) is 4.80. The molecule has 0 aliphatic carbocycles. The smallest absolute Gasteiger partial charge is 0.242 e. The van der Waals surface area contributed by atoms with Crippen molar-refractivity contribution in [2.75, 3.05) is 11.9 Å². The SMILES string of the molecule is CC(C)c1cccc2c1nc(N[C@@H]1CCCCNC1=O)n1nc(-c3cnn(C)c3)nc21. The Morgan fingerprint density at radius 2 is 2.10 bits per heavy atom. The van der Waals surface area contributed by atoms with Crippen LogP contribution in [-0.2, 0) is 11.8 Å². The predicted octanol–water partition coefficient (Wildman–Crippen LogP) is 2.88. The maximum Gasteiger partial charge on any atom is 0.242 e. The Labute approximate surface area is 179 Å². The summed E-state index contributed by atoms with van der Waals surface area (Å²) in [6, 6.07) is 5.79. The van der Waals surface area contributed by atoms with E-state index in [-0.39, 0.29) is 11.9 Å². The fourth-order valence-corrected chi connectivity index (χ4v) is 4.11. The Morgan fingerprint density at radius 3 is 2.87 bits per heavy atom. The van der Waals surface area contributed by atoms with Crippen LogP contribution in [0.5, 0.6) is 0 Å². The summed E-state index contributed by atoms with van der Waals surface area (Å²) in [7, 11) is 1.86. The van der Waals surface area contributed by atoms with Crippen molar-refractivity contribution in [3.05, 3.63) is 36.2 Å². The highest BCUT2D eigenvalue weighted by atomic mass is 16.2. The minimum Gasteiger partial charge on any atom is -0.354 e. The molecule has 2 N–H and O–H groups in total. The molecule has 0 spiro atoms. The van der Waals surface area contributed by atoms with Crippen molar-refractivity contribution in [3.63, 3.8) is 0 Å². The van der Waals surface area contributed by atoms with E-state index in [1.165, 1.54) is 0 Å². The van der Waals surface area contributed by atoms with E-state index >= 15 is 0 Å². The second kappa shape index (κ2) is 7.64. The monoisotopic (exact) mass is 418 g/mol. The lowest BCUT2D eigenvalue weighted by atomic mass is 10.0. The van der Waals surface area contributed by atoms with Gasteiger partial charge >= 0.3 is 0 Å². The van der Waals surface area contributed by atoms with E-state index < -0.39 is 0 Å². The third-order valence-corrected chi connectivity index (χ3v) is 5.76. The molecule has 160 valence electrons. The van der Waals surface area contributed by atoms with Crippen molar-refractivity contribution >= 4 is 28.4 Å². The van der Waals surface area contributed by atoms with Gasteiger partial charge in [-0.2, -0.15) is 9.61 Å². The predicted molar refractivity (Wildman–Crippen MR) is 119 cm³/mol. The molecular formula is C22H26N8O. The van der Waals surface area contributed by atoms with Gasteiger partial charge in [0, 0.05) is 25.2 Å². The first-order chi connectivity index (χ1) is 15.0. The van der Waals surface area contributed by atoms with Crippen molar-refractivity contribution in [3.8, 4) is 11.4 Å². The molecule has 1 saturated heterocycles. The number of fused-ring (bicyclic) bond motifs is 3. The second-order valence-corrected chi connectivity index (χ2v) is 8.39. The van der Waals surface area contributed by atoms with Crippen molar-refractivity contribution < 1.29 is 4.79 Å². The van der Waals surface area contributed by atoms with E-state index in [1.807, 2.05) is 25.4 Å². The Balaban J connectivity index is 1.72. The molecule has 1 aromatic carbocycles. The van der Waals surface area contributed by atoms with Gasteiger partial charge in [-0.05, 0) is 36.8 Å². The summed E-state index contributed by atoms with van der Waals surface area (Å²) in [5.41, 5.74) is 3.56. The maximum atomic E-state index is 12.6.